The number of halogens is 1. The van der Waals surface area contributed by atoms with E-state index in [4.69, 9.17) is 9.98 Å². The number of amidine groups is 2. The molecule has 1 aromatic heterocycles. The monoisotopic (exact) mass is 871 g/mol. The fourth-order valence-electron chi connectivity index (χ4n) is 9.08. The predicted octanol–water partition coefficient (Wildman–Crippen LogP) is 7.54. The van der Waals surface area contributed by atoms with Gasteiger partial charge in [0.1, 0.15) is 22.7 Å². The SMILES string of the molecule is CC1(C)N=C(c2ccc(-c3ccc4[nH]ccc4c3)cc2)N(C[C@@H]2CCN(C(=O)C3CC3)C2)C1=O.CC1(C)N=C(c2ccc(Br)cc2)N(C[C@@H]2CCN(C(=O)C3CC3)C2)C1=O. The molecule has 1 N–H and O–H groups in total. The first-order chi connectivity index (χ1) is 28.7. The van der Waals surface area contributed by atoms with Crippen LogP contribution in [0.3, 0.4) is 0 Å². The van der Waals surface area contributed by atoms with Gasteiger partial charge in [0.15, 0.2) is 0 Å². The van der Waals surface area contributed by atoms with Crippen molar-refractivity contribution >= 4 is 62.1 Å². The number of carbonyl (C=O) groups is 4. The highest BCUT2D eigenvalue weighted by atomic mass is 79.9. The zero-order chi connectivity index (χ0) is 41.9. The van der Waals surface area contributed by atoms with Gasteiger partial charge in [-0.3, -0.25) is 39.0 Å². The molecule has 0 radical (unpaired) electrons. The molecule has 0 unspecified atom stereocenters. The molecule has 0 bridgehead atoms. The van der Waals surface area contributed by atoms with Crippen LogP contribution in [-0.2, 0) is 19.2 Å². The van der Waals surface area contributed by atoms with Gasteiger partial charge in [-0.25, -0.2) is 0 Å². The summed E-state index contributed by atoms with van der Waals surface area (Å²) in [5.41, 5.74) is 3.82. The number of H-pyrrole nitrogens is 1. The van der Waals surface area contributed by atoms with Gasteiger partial charge in [-0.1, -0.05) is 58.4 Å². The fourth-order valence-corrected chi connectivity index (χ4v) is 9.34. The average Bonchev–Trinajstić information content (AvgIpc) is 4.07. The molecule has 4 amide bonds. The molecular weight excluding hydrogens is 818 g/mol. The predicted molar refractivity (Wildman–Crippen MR) is 237 cm³/mol. The van der Waals surface area contributed by atoms with Gasteiger partial charge in [-0.2, -0.15) is 0 Å². The van der Waals surface area contributed by atoms with Crippen molar-refractivity contribution in [2.24, 2.45) is 33.7 Å². The number of nitrogens with zero attached hydrogens (tertiary/aromatic N) is 6. The molecule has 5 heterocycles. The van der Waals surface area contributed by atoms with E-state index in [1.54, 1.807) is 0 Å². The number of rotatable bonds is 9. The van der Waals surface area contributed by atoms with Crippen LogP contribution < -0.4 is 0 Å². The van der Waals surface area contributed by atoms with E-state index in [1.165, 1.54) is 5.39 Å². The lowest BCUT2D eigenvalue weighted by atomic mass is 10.0. The number of carbonyl (C=O) groups excluding carboxylic acids is 4. The summed E-state index contributed by atoms with van der Waals surface area (Å²) in [6, 6.07) is 24.7. The Labute approximate surface area is 360 Å². The minimum Gasteiger partial charge on any atom is -0.361 e. The number of hydrogen-bond acceptors (Lipinski definition) is 6. The first kappa shape index (κ1) is 40.3. The number of aromatic nitrogens is 1. The molecule has 10 rings (SSSR count). The number of likely N-dealkylation sites (tertiary alicyclic amines) is 2. The van der Waals surface area contributed by atoms with Crippen LogP contribution in [0.25, 0.3) is 22.0 Å². The van der Waals surface area contributed by atoms with Gasteiger partial charge in [0.25, 0.3) is 11.8 Å². The van der Waals surface area contributed by atoms with Gasteiger partial charge in [0, 0.05) is 78.4 Å². The summed E-state index contributed by atoms with van der Waals surface area (Å²) >= 11 is 3.45. The van der Waals surface area contributed by atoms with Crippen LogP contribution in [0.15, 0.2) is 93.5 Å². The van der Waals surface area contributed by atoms with Crippen molar-refractivity contribution in [3.8, 4) is 11.1 Å². The molecule has 4 aromatic rings. The summed E-state index contributed by atoms with van der Waals surface area (Å²) in [5.74, 6) is 3.31. The van der Waals surface area contributed by atoms with E-state index in [9.17, 15) is 19.2 Å². The molecule has 60 heavy (non-hydrogen) atoms. The summed E-state index contributed by atoms with van der Waals surface area (Å²) in [6.45, 7) is 11.9. The standard InChI is InChI=1S/C28H30N4O2.C20H24BrN3O2/c1-28(2)27(34)32(17-18-12-14-31(16-18)26(33)21-7-8-21)25(30-28)20-5-3-19(4-6-20)22-9-10-24-23(15-22)11-13-29-24;1-20(2)19(26)24(17(22-20)14-5-7-16(21)8-6-14)12-13-9-10-23(11-13)18(25)15-3-4-15/h3-6,9-11,13,15,18,21,29H,7-8,12,14,16-17H2,1-2H3;5-8,13,15H,3-4,9-12H2,1-2H3/t18-;13-/m11/s1. The van der Waals surface area contributed by atoms with Gasteiger partial charge >= 0.3 is 0 Å². The minimum atomic E-state index is -0.768. The Balaban J connectivity index is 0.000000160. The first-order valence-electron chi connectivity index (χ1n) is 21.6. The second-order valence-electron chi connectivity index (χ2n) is 18.6. The Morgan fingerprint density at radius 3 is 1.57 bits per heavy atom. The van der Waals surface area contributed by atoms with Crippen molar-refractivity contribution in [1.29, 1.82) is 0 Å². The van der Waals surface area contributed by atoms with Crippen LogP contribution in [0.4, 0.5) is 0 Å². The highest BCUT2D eigenvalue weighted by molar-refractivity contribution is 9.10. The number of hydrogen-bond donors (Lipinski definition) is 1. The molecule has 6 aliphatic rings. The van der Waals surface area contributed by atoms with E-state index in [2.05, 4.69) is 69.4 Å². The van der Waals surface area contributed by atoms with Crippen LogP contribution in [0.2, 0.25) is 0 Å². The Hall–Kier alpha value is -5.10. The molecule has 4 aliphatic heterocycles. The van der Waals surface area contributed by atoms with Crippen LogP contribution in [0.1, 0.15) is 77.3 Å². The van der Waals surface area contributed by atoms with Crippen LogP contribution in [0.5, 0.6) is 0 Å². The lowest BCUT2D eigenvalue weighted by Crippen LogP contribution is -2.42. The topological polar surface area (TPSA) is 122 Å². The van der Waals surface area contributed by atoms with Crippen molar-refractivity contribution in [3.63, 3.8) is 0 Å². The molecule has 2 atom stereocenters. The van der Waals surface area contributed by atoms with E-state index in [1.807, 2.05) is 77.8 Å². The van der Waals surface area contributed by atoms with Crippen molar-refractivity contribution in [1.82, 2.24) is 24.6 Å². The summed E-state index contributed by atoms with van der Waals surface area (Å²) in [5, 5.41) is 1.19. The smallest absolute Gasteiger partial charge is 0.255 e. The highest BCUT2D eigenvalue weighted by Gasteiger charge is 2.45. The lowest BCUT2D eigenvalue weighted by molar-refractivity contribution is -0.132. The van der Waals surface area contributed by atoms with Crippen LogP contribution in [0, 0.1) is 23.7 Å². The Kier molecular flexibility index (Phi) is 10.6. The average molecular weight is 873 g/mol. The van der Waals surface area contributed by atoms with E-state index in [0.29, 0.717) is 30.8 Å². The van der Waals surface area contributed by atoms with Gasteiger partial charge in [0.05, 0.1) is 0 Å². The molecule has 2 aliphatic carbocycles. The third-order valence-electron chi connectivity index (χ3n) is 12.9. The minimum absolute atomic E-state index is 0.0384. The van der Waals surface area contributed by atoms with Gasteiger partial charge in [-0.15, -0.1) is 0 Å². The number of aliphatic imine (C=N–C) groups is 2. The van der Waals surface area contributed by atoms with Crippen molar-refractivity contribution in [2.75, 3.05) is 39.3 Å². The highest BCUT2D eigenvalue weighted by Crippen LogP contribution is 2.36. The lowest BCUT2D eigenvalue weighted by Gasteiger charge is -2.24. The van der Waals surface area contributed by atoms with Crippen molar-refractivity contribution < 1.29 is 19.2 Å². The Bertz CT molecular complexity index is 2390. The van der Waals surface area contributed by atoms with Gasteiger partial charge in [0.2, 0.25) is 11.8 Å². The van der Waals surface area contributed by atoms with Crippen molar-refractivity contribution in [2.45, 2.75) is 77.3 Å². The second kappa shape index (κ2) is 15.7. The maximum Gasteiger partial charge on any atom is 0.255 e. The van der Waals surface area contributed by atoms with E-state index in [0.717, 1.165) is 109 Å². The second-order valence-corrected chi connectivity index (χ2v) is 19.5. The Morgan fingerprint density at radius 1 is 0.633 bits per heavy atom. The third-order valence-corrected chi connectivity index (χ3v) is 13.4. The Morgan fingerprint density at radius 2 is 1.08 bits per heavy atom. The molecule has 312 valence electrons. The normalized spacial score (nSPS) is 23.3. The van der Waals surface area contributed by atoms with E-state index < -0.39 is 11.1 Å². The largest absolute Gasteiger partial charge is 0.361 e. The summed E-state index contributed by atoms with van der Waals surface area (Å²) in [6.07, 6.45) is 8.00. The first-order valence-corrected chi connectivity index (χ1v) is 22.4. The van der Waals surface area contributed by atoms with Gasteiger partial charge < -0.3 is 14.8 Å². The molecule has 12 heteroatoms. The molecule has 4 fully saturated rings. The van der Waals surface area contributed by atoms with Gasteiger partial charge in [-0.05, 0) is 125 Å². The molecule has 3 aromatic carbocycles. The zero-order valence-corrected chi connectivity index (χ0v) is 36.6. The summed E-state index contributed by atoms with van der Waals surface area (Å²) < 4.78 is 1.00. The molecular formula is C48H54BrN7O4. The van der Waals surface area contributed by atoms with E-state index in [-0.39, 0.29) is 29.6 Å². The van der Waals surface area contributed by atoms with Crippen molar-refractivity contribution in [3.05, 3.63) is 94.6 Å². The summed E-state index contributed by atoms with van der Waals surface area (Å²) in [7, 11) is 0. The third kappa shape index (κ3) is 8.19. The van der Waals surface area contributed by atoms with E-state index >= 15 is 0 Å². The zero-order valence-electron chi connectivity index (χ0n) is 35.0. The number of benzene rings is 3. The van der Waals surface area contributed by atoms with Crippen LogP contribution in [-0.4, -0.2) is 110 Å². The quantitative estimate of drug-likeness (QED) is 0.187. The summed E-state index contributed by atoms with van der Waals surface area (Å²) in [4.78, 5) is 71.4. The van der Waals surface area contributed by atoms with Crippen LogP contribution >= 0.6 is 15.9 Å². The number of fused-ring (bicyclic) bond motifs is 1. The maximum atomic E-state index is 13.2. The molecule has 11 nitrogen and oxygen atoms in total. The molecule has 2 saturated heterocycles. The molecule has 0 spiro atoms. The number of amides is 4. The molecule has 2 saturated carbocycles. The maximum absolute atomic E-state index is 13.2. The fraction of sp³-hybridized carbons (Fsp3) is 0.458. The number of nitrogens with one attached hydrogen (secondary N) is 1. The number of aromatic amines is 1.